The van der Waals surface area contributed by atoms with Gasteiger partial charge in [0.25, 0.3) is 5.91 Å². The van der Waals surface area contributed by atoms with E-state index in [0.29, 0.717) is 11.6 Å². The van der Waals surface area contributed by atoms with Gasteiger partial charge >= 0.3 is 0 Å². The van der Waals surface area contributed by atoms with Crippen LogP contribution in [-0.4, -0.2) is 15.9 Å². The van der Waals surface area contributed by atoms with E-state index >= 15 is 0 Å². The number of rotatable bonds is 4. The highest BCUT2D eigenvalue weighted by Crippen LogP contribution is 2.21. The molecule has 0 aliphatic carbocycles. The van der Waals surface area contributed by atoms with Crippen LogP contribution < -0.4 is 5.32 Å². The molecular weight excluding hydrogens is 254 g/mol. The predicted molar refractivity (Wildman–Crippen MR) is 75.3 cm³/mol. The molecule has 0 bridgehead atoms. The average Bonchev–Trinajstić information content (AvgIpc) is 2.75. The van der Waals surface area contributed by atoms with Gasteiger partial charge in [0.15, 0.2) is 5.89 Å². The smallest absolute Gasteiger partial charge is 0.289 e. The van der Waals surface area contributed by atoms with Crippen LogP contribution in [0.5, 0.6) is 0 Å². The molecule has 0 unspecified atom stereocenters. The molecule has 2 rings (SSSR count). The number of amides is 1. The molecule has 2 heterocycles. The number of nitrogens with one attached hydrogen (secondary N) is 1. The zero-order valence-electron chi connectivity index (χ0n) is 12.2. The summed E-state index contributed by atoms with van der Waals surface area (Å²) in [6.07, 6.45) is 3.48. The highest BCUT2D eigenvalue weighted by atomic mass is 16.4. The predicted octanol–water partition coefficient (Wildman–Crippen LogP) is 2.81. The van der Waals surface area contributed by atoms with Crippen LogP contribution in [0, 0.1) is 19.8 Å². The van der Waals surface area contributed by atoms with Gasteiger partial charge in [-0.3, -0.25) is 9.78 Å². The lowest BCUT2D eigenvalue weighted by Crippen LogP contribution is -2.32. The fraction of sp³-hybridized carbons (Fsp3) is 0.400. The fourth-order valence-corrected chi connectivity index (χ4v) is 2.14. The molecule has 1 atom stereocenters. The van der Waals surface area contributed by atoms with E-state index < -0.39 is 0 Å². The maximum atomic E-state index is 12.3. The van der Waals surface area contributed by atoms with E-state index in [2.05, 4.69) is 29.1 Å². The number of carbonyl (C=O) groups excluding carboxylic acids is 1. The van der Waals surface area contributed by atoms with Crippen molar-refractivity contribution in [1.29, 1.82) is 0 Å². The number of hydrogen-bond donors (Lipinski definition) is 1. The Hall–Kier alpha value is -2.17. The monoisotopic (exact) mass is 273 g/mol. The maximum absolute atomic E-state index is 12.3. The highest BCUT2D eigenvalue weighted by Gasteiger charge is 2.23. The lowest BCUT2D eigenvalue weighted by atomic mass is 9.97. The van der Waals surface area contributed by atoms with E-state index in [-0.39, 0.29) is 23.6 Å². The summed E-state index contributed by atoms with van der Waals surface area (Å²) in [6, 6.07) is 3.71. The van der Waals surface area contributed by atoms with Crippen LogP contribution >= 0.6 is 0 Å². The van der Waals surface area contributed by atoms with E-state index in [0.717, 1.165) is 5.56 Å². The number of aryl methyl sites for hydroxylation is 2. The second-order valence-electron chi connectivity index (χ2n) is 5.13. The largest absolute Gasteiger partial charge is 0.436 e. The number of pyridine rings is 1. The molecule has 0 radical (unpaired) electrons. The second kappa shape index (κ2) is 5.86. The van der Waals surface area contributed by atoms with Gasteiger partial charge in [-0.2, -0.15) is 0 Å². The number of aromatic nitrogens is 2. The summed E-state index contributed by atoms with van der Waals surface area (Å²) in [6.45, 7) is 7.59. The first kappa shape index (κ1) is 14.2. The summed E-state index contributed by atoms with van der Waals surface area (Å²) in [7, 11) is 0. The van der Waals surface area contributed by atoms with Crippen LogP contribution in [-0.2, 0) is 0 Å². The molecule has 1 amide bonds. The van der Waals surface area contributed by atoms with Gasteiger partial charge in [0.1, 0.15) is 0 Å². The van der Waals surface area contributed by atoms with E-state index in [1.807, 2.05) is 12.1 Å². The maximum Gasteiger partial charge on any atom is 0.289 e. The van der Waals surface area contributed by atoms with Gasteiger partial charge in [0, 0.05) is 19.3 Å². The molecule has 5 heteroatoms. The van der Waals surface area contributed by atoms with Crippen LogP contribution in [0.15, 0.2) is 28.9 Å². The molecule has 20 heavy (non-hydrogen) atoms. The molecular formula is C15H19N3O2. The average molecular weight is 273 g/mol. The van der Waals surface area contributed by atoms with Gasteiger partial charge in [-0.05, 0) is 24.5 Å². The first-order chi connectivity index (χ1) is 9.49. The van der Waals surface area contributed by atoms with E-state index in [9.17, 15) is 4.79 Å². The third-order valence-electron chi connectivity index (χ3n) is 3.11. The van der Waals surface area contributed by atoms with Crippen molar-refractivity contribution >= 4 is 5.91 Å². The topological polar surface area (TPSA) is 68.0 Å². The third-order valence-corrected chi connectivity index (χ3v) is 3.11. The van der Waals surface area contributed by atoms with Crippen molar-refractivity contribution in [3.63, 3.8) is 0 Å². The Labute approximate surface area is 118 Å². The summed E-state index contributed by atoms with van der Waals surface area (Å²) < 4.78 is 5.35. The van der Waals surface area contributed by atoms with Gasteiger partial charge in [-0.1, -0.05) is 19.9 Å². The van der Waals surface area contributed by atoms with Gasteiger partial charge in [0.2, 0.25) is 5.76 Å². The summed E-state index contributed by atoms with van der Waals surface area (Å²) >= 11 is 0. The minimum absolute atomic E-state index is 0.110. The number of carbonyl (C=O) groups is 1. The van der Waals surface area contributed by atoms with Gasteiger partial charge in [-0.25, -0.2) is 4.98 Å². The SMILES string of the molecule is Cc1nc(C)c(C(=O)N[C@@H](c2cccnc2)C(C)C)o1. The van der Waals surface area contributed by atoms with Crippen LogP contribution in [0.3, 0.4) is 0 Å². The van der Waals surface area contributed by atoms with Crippen molar-refractivity contribution in [2.24, 2.45) is 5.92 Å². The molecule has 0 saturated carbocycles. The second-order valence-corrected chi connectivity index (χ2v) is 5.13. The summed E-state index contributed by atoms with van der Waals surface area (Å²) in [4.78, 5) is 20.5. The number of hydrogen-bond acceptors (Lipinski definition) is 4. The summed E-state index contributed by atoms with van der Waals surface area (Å²) in [5.41, 5.74) is 1.58. The number of nitrogens with zero attached hydrogens (tertiary/aromatic N) is 2. The Morgan fingerprint density at radius 1 is 1.35 bits per heavy atom. The van der Waals surface area contributed by atoms with Crippen LogP contribution in [0.2, 0.25) is 0 Å². The molecule has 0 aliphatic heterocycles. The molecule has 0 saturated heterocycles. The van der Waals surface area contributed by atoms with Crippen molar-refractivity contribution in [1.82, 2.24) is 15.3 Å². The zero-order valence-corrected chi connectivity index (χ0v) is 12.2. The molecule has 0 aliphatic rings. The Morgan fingerprint density at radius 3 is 2.60 bits per heavy atom. The molecule has 0 spiro atoms. The zero-order chi connectivity index (χ0) is 14.7. The first-order valence-corrected chi connectivity index (χ1v) is 6.64. The Balaban J connectivity index is 2.21. The normalized spacial score (nSPS) is 12.4. The van der Waals surface area contributed by atoms with E-state index in [4.69, 9.17) is 4.42 Å². The minimum atomic E-state index is -0.245. The summed E-state index contributed by atoms with van der Waals surface area (Å²) in [5.74, 6) is 0.769. The summed E-state index contributed by atoms with van der Waals surface area (Å²) in [5, 5.41) is 2.99. The van der Waals surface area contributed by atoms with Gasteiger partial charge in [-0.15, -0.1) is 0 Å². The van der Waals surface area contributed by atoms with Crippen molar-refractivity contribution in [2.75, 3.05) is 0 Å². The van der Waals surface area contributed by atoms with Crippen molar-refractivity contribution in [3.05, 3.63) is 47.4 Å². The Kier molecular flexibility index (Phi) is 4.17. The minimum Gasteiger partial charge on any atom is -0.436 e. The van der Waals surface area contributed by atoms with Gasteiger partial charge in [0.05, 0.1) is 11.7 Å². The van der Waals surface area contributed by atoms with Crippen LogP contribution in [0.4, 0.5) is 0 Å². The molecule has 106 valence electrons. The molecule has 5 nitrogen and oxygen atoms in total. The quantitative estimate of drug-likeness (QED) is 0.930. The lowest BCUT2D eigenvalue weighted by Gasteiger charge is -2.22. The standard InChI is InChI=1S/C15H19N3O2/c1-9(2)13(12-6-5-7-16-8-12)18-15(19)14-10(3)17-11(4)20-14/h5-9,13H,1-4H3,(H,18,19)/t13-/m1/s1. The lowest BCUT2D eigenvalue weighted by molar-refractivity contribution is 0.0895. The van der Waals surface area contributed by atoms with Crippen LogP contribution in [0.1, 0.15) is 47.6 Å². The number of oxazole rings is 1. The Bertz CT molecular complexity index is 590. The Morgan fingerprint density at radius 2 is 2.10 bits per heavy atom. The van der Waals surface area contributed by atoms with Crippen molar-refractivity contribution in [3.8, 4) is 0 Å². The fourth-order valence-electron chi connectivity index (χ4n) is 2.14. The van der Waals surface area contributed by atoms with Crippen molar-refractivity contribution in [2.45, 2.75) is 33.7 Å². The van der Waals surface area contributed by atoms with Crippen molar-refractivity contribution < 1.29 is 9.21 Å². The first-order valence-electron chi connectivity index (χ1n) is 6.64. The molecule has 2 aromatic rings. The van der Waals surface area contributed by atoms with E-state index in [1.54, 1.807) is 26.2 Å². The van der Waals surface area contributed by atoms with E-state index in [1.165, 1.54) is 0 Å². The van der Waals surface area contributed by atoms with Crippen LogP contribution in [0.25, 0.3) is 0 Å². The highest BCUT2D eigenvalue weighted by molar-refractivity contribution is 5.92. The molecule has 0 fully saturated rings. The third kappa shape index (κ3) is 3.04. The molecule has 0 aromatic carbocycles. The van der Waals surface area contributed by atoms with Gasteiger partial charge < -0.3 is 9.73 Å². The molecule has 2 aromatic heterocycles. The molecule has 1 N–H and O–H groups in total.